The Kier molecular flexibility index (Phi) is 3.93. The molecule has 2 aromatic rings. The topological polar surface area (TPSA) is 82.2 Å². The van der Waals surface area contributed by atoms with Gasteiger partial charge in [-0.15, -0.1) is 0 Å². The van der Waals surface area contributed by atoms with E-state index in [2.05, 4.69) is 10.4 Å². The highest BCUT2D eigenvalue weighted by Gasteiger charge is 2.12. The van der Waals surface area contributed by atoms with Crippen LogP contribution in [0.3, 0.4) is 0 Å². The largest absolute Gasteiger partial charge is 0.497 e. The summed E-state index contributed by atoms with van der Waals surface area (Å²) in [7, 11) is 1.54. The molecule has 0 atom stereocenters. The van der Waals surface area contributed by atoms with Crippen molar-refractivity contribution in [2.75, 3.05) is 18.2 Å². The van der Waals surface area contributed by atoms with E-state index < -0.39 is 0 Å². The van der Waals surface area contributed by atoms with Crippen molar-refractivity contribution < 1.29 is 9.53 Å². The highest BCUT2D eigenvalue weighted by Crippen LogP contribution is 2.21. The van der Waals surface area contributed by atoms with Gasteiger partial charge in [0.05, 0.1) is 24.6 Å². The lowest BCUT2D eigenvalue weighted by molar-refractivity contribution is 0.102. The number of carbonyl (C=O) groups is 1. The van der Waals surface area contributed by atoms with E-state index in [1.807, 2.05) is 13.8 Å². The number of methoxy groups -OCH3 is 1. The number of nitrogens with zero attached hydrogens (tertiary/aromatic N) is 2. The molecule has 20 heavy (non-hydrogen) atoms. The summed E-state index contributed by atoms with van der Waals surface area (Å²) in [4.78, 5) is 12.2. The molecule has 0 saturated heterocycles. The predicted molar refractivity (Wildman–Crippen MR) is 78.0 cm³/mol. The molecule has 0 aliphatic heterocycles. The number of nitrogens with one attached hydrogen (secondary N) is 1. The standard InChI is InChI=1S/C14H18N4O2/c1-9(2)18-8-10(7-16-18)17-14(19)12-6-11(20-3)4-5-13(12)15/h4-9H,15H2,1-3H3,(H,17,19). The Hall–Kier alpha value is -2.50. The normalized spacial score (nSPS) is 10.6. The molecule has 0 bridgehead atoms. The Labute approximate surface area is 117 Å². The molecule has 1 amide bonds. The summed E-state index contributed by atoms with van der Waals surface area (Å²) in [6.45, 7) is 4.03. The third-order valence-corrected chi connectivity index (χ3v) is 2.89. The number of benzene rings is 1. The van der Waals surface area contributed by atoms with Crippen LogP contribution in [0.15, 0.2) is 30.6 Å². The SMILES string of the molecule is COc1ccc(N)c(C(=O)Nc2cnn(C(C)C)c2)c1. The molecule has 6 heteroatoms. The minimum Gasteiger partial charge on any atom is -0.497 e. The Morgan fingerprint density at radius 2 is 2.20 bits per heavy atom. The van der Waals surface area contributed by atoms with Crippen molar-refractivity contribution in [2.24, 2.45) is 0 Å². The molecule has 0 fully saturated rings. The minimum absolute atomic E-state index is 0.238. The number of carbonyl (C=O) groups excluding carboxylic acids is 1. The fourth-order valence-electron chi connectivity index (χ4n) is 1.74. The van der Waals surface area contributed by atoms with E-state index in [4.69, 9.17) is 10.5 Å². The minimum atomic E-state index is -0.287. The summed E-state index contributed by atoms with van der Waals surface area (Å²) in [5.41, 5.74) is 7.22. The molecule has 1 heterocycles. The van der Waals surface area contributed by atoms with Crippen molar-refractivity contribution in [1.82, 2.24) is 9.78 Å². The number of aromatic nitrogens is 2. The molecule has 1 aromatic heterocycles. The molecule has 1 aromatic carbocycles. The van der Waals surface area contributed by atoms with E-state index in [0.717, 1.165) is 0 Å². The van der Waals surface area contributed by atoms with Crippen LogP contribution in [0, 0.1) is 0 Å². The van der Waals surface area contributed by atoms with E-state index in [1.165, 1.54) is 0 Å². The van der Waals surface area contributed by atoms with Crippen molar-refractivity contribution in [3.05, 3.63) is 36.2 Å². The average molecular weight is 274 g/mol. The van der Waals surface area contributed by atoms with Crippen LogP contribution in [-0.2, 0) is 0 Å². The summed E-state index contributed by atoms with van der Waals surface area (Å²) < 4.78 is 6.86. The van der Waals surface area contributed by atoms with Gasteiger partial charge in [0.25, 0.3) is 5.91 Å². The first kappa shape index (κ1) is 13.9. The second-order valence-corrected chi connectivity index (χ2v) is 4.71. The first-order valence-electron chi connectivity index (χ1n) is 6.30. The molecule has 0 radical (unpaired) electrons. The Bertz CT molecular complexity index is 619. The molecule has 3 N–H and O–H groups in total. The molecule has 0 aliphatic rings. The van der Waals surface area contributed by atoms with Crippen LogP contribution in [0.25, 0.3) is 0 Å². The summed E-state index contributed by atoms with van der Waals surface area (Å²) in [5, 5.41) is 6.93. The second-order valence-electron chi connectivity index (χ2n) is 4.71. The fraction of sp³-hybridized carbons (Fsp3) is 0.286. The molecular formula is C14H18N4O2. The summed E-state index contributed by atoms with van der Waals surface area (Å²) in [6, 6.07) is 5.20. The van der Waals surface area contributed by atoms with Crippen LogP contribution in [0.1, 0.15) is 30.2 Å². The van der Waals surface area contributed by atoms with Crippen LogP contribution in [-0.4, -0.2) is 22.8 Å². The highest BCUT2D eigenvalue weighted by atomic mass is 16.5. The first-order chi connectivity index (χ1) is 9.51. The zero-order valence-electron chi connectivity index (χ0n) is 11.8. The first-order valence-corrected chi connectivity index (χ1v) is 6.30. The monoisotopic (exact) mass is 274 g/mol. The number of anilines is 2. The van der Waals surface area contributed by atoms with Gasteiger partial charge in [-0.2, -0.15) is 5.10 Å². The van der Waals surface area contributed by atoms with E-state index in [1.54, 1.807) is 42.4 Å². The maximum absolute atomic E-state index is 12.2. The third kappa shape index (κ3) is 2.90. The zero-order valence-corrected chi connectivity index (χ0v) is 11.8. The lowest BCUT2D eigenvalue weighted by atomic mass is 10.1. The predicted octanol–water partition coefficient (Wildman–Crippen LogP) is 2.31. The molecular weight excluding hydrogens is 256 g/mol. The third-order valence-electron chi connectivity index (χ3n) is 2.89. The van der Waals surface area contributed by atoms with Crippen molar-refractivity contribution in [3.8, 4) is 5.75 Å². The van der Waals surface area contributed by atoms with Gasteiger partial charge in [-0.3, -0.25) is 9.48 Å². The Morgan fingerprint density at radius 1 is 1.45 bits per heavy atom. The Morgan fingerprint density at radius 3 is 2.80 bits per heavy atom. The number of amides is 1. The van der Waals surface area contributed by atoms with E-state index in [-0.39, 0.29) is 11.9 Å². The maximum atomic E-state index is 12.2. The van der Waals surface area contributed by atoms with Crippen LogP contribution >= 0.6 is 0 Å². The number of rotatable bonds is 4. The van der Waals surface area contributed by atoms with Gasteiger partial charge >= 0.3 is 0 Å². The summed E-state index contributed by atoms with van der Waals surface area (Å²) >= 11 is 0. The molecule has 0 spiro atoms. The molecule has 0 saturated carbocycles. The lowest BCUT2D eigenvalue weighted by Crippen LogP contribution is -2.14. The van der Waals surface area contributed by atoms with E-state index >= 15 is 0 Å². The maximum Gasteiger partial charge on any atom is 0.257 e. The van der Waals surface area contributed by atoms with Crippen molar-refractivity contribution >= 4 is 17.3 Å². The smallest absolute Gasteiger partial charge is 0.257 e. The van der Waals surface area contributed by atoms with Crippen LogP contribution in [0.4, 0.5) is 11.4 Å². The van der Waals surface area contributed by atoms with Crippen molar-refractivity contribution in [2.45, 2.75) is 19.9 Å². The number of nitrogens with two attached hydrogens (primary N) is 1. The zero-order chi connectivity index (χ0) is 14.7. The highest BCUT2D eigenvalue weighted by molar-refractivity contribution is 6.07. The number of ether oxygens (including phenoxy) is 1. The van der Waals surface area contributed by atoms with Gasteiger partial charge in [-0.1, -0.05) is 0 Å². The van der Waals surface area contributed by atoms with Gasteiger partial charge in [-0.05, 0) is 32.0 Å². The van der Waals surface area contributed by atoms with Gasteiger partial charge in [0.2, 0.25) is 0 Å². The van der Waals surface area contributed by atoms with Gasteiger partial charge in [0.15, 0.2) is 0 Å². The molecule has 106 valence electrons. The van der Waals surface area contributed by atoms with Crippen molar-refractivity contribution in [3.63, 3.8) is 0 Å². The summed E-state index contributed by atoms with van der Waals surface area (Å²) in [5.74, 6) is 0.298. The fourth-order valence-corrected chi connectivity index (χ4v) is 1.74. The summed E-state index contributed by atoms with van der Waals surface area (Å²) in [6.07, 6.45) is 3.38. The quantitative estimate of drug-likeness (QED) is 0.838. The molecule has 2 rings (SSSR count). The van der Waals surface area contributed by atoms with Crippen LogP contribution in [0.2, 0.25) is 0 Å². The Balaban J connectivity index is 2.19. The molecule has 6 nitrogen and oxygen atoms in total. The van der Waals surface area contributed by atoms with Crippen LogP contribution in [0.5, 0.6) is 5.75 Å². The van der Waals surface area contributed by atoms with E-state index in [9.17, 15) is 4.79 Å². The molecule has 0 unspecified atom stereocenters. The number of hydrogen-bond acceptors (Lipinski definition) is 4. The number of hydrogen-bond donors (Lipinski definition) is 2. The second kappa shape index (κ2) is 5.64. The van der Waals surface area contributed by atoms with Gasteiger partial charge in [0, 0.05) is 17.9 Å². The lowest BCUT2D eigenvalue weighted by Gasteiger charge is -2.08. The van der Waals surface area contributed by atoms with Gasteiger partial charge in [-0.25, -0.2) is 0 Å². The van der Waals surface area contributed by atoms with Gasteiger partial charge < -0.3 is 15.8 Å². The van der Waals surface area contributed by atoms with Crippen LogP contribution < -0.4 is 15.8 Å². The average Bonchev–Trinajstić information content (AvgIpc) is 2.88. The van der Waals surface area contributed by atoms with Gasteiger partial charge in [0.1, 0.15) is 5.75 Å². The number of nitrogen functional groups attached to an aromatic ring is 1. The van der Waals surface area contributed by atoms with E-state index in [0.29, 0.717) is 22.7 Å². The molecule has 0 aliphatic carbocycles. The van der Waals surface area contributed by atoms with Crippen molar-refractivity contribution in [1.29, 1.82) is 0 Å².